The van der Waals surface area contributed by atoms with E-state index < -0.39 is 0 Å². The van der Waals surface area contributed by atoms with Crippen LogP contribution in [-0.4, -0.2) is 25.0 Å². The number of anilines is 2. The summed E-state index contributed by atoms with van der Waals surface area (Å²) >= 11 is 0. The lowest BCUT2D eigenvalue weighted by atomic mass is 10.2. The minimum Gasteiger partial charge on any atom is -0.459 e. The minimum atomic E-state index is -0.303. The third-order valence-electron chi connectivity index (χ3n) is 3.56. The van der Waals surface area contributed by atoms with Crippen LogP contribution in [0.25, 0.3) is 0 Å². The normalized spacial score (nSPS) is 14.6. The first-order valence-electron chi connectivity index (χ1n) is 7.16. The highest BCUT2D eigenvalue weighted by atomic mass is 16.3. The van der Waals surface area contributed by atoms with Crippen molar-refractivity contribution >= 4 is 23.3 Å². The Morgan fingerprint density at radius 2 is 2.23 bits per heavy atom. The SMILES string of the molecule is Cc1ccoc1C(=O)Nc1cccc(N2CCCNC2=O)c1. The molecule has 0 aliphatic carbocycles. The van der Waals surface area contributed by atoms with Crippen molar-refractivity contribution < 1.29 is 14.0 Å². The molecule has 114 valence electrons. The second-order valence-electron chi connectivity index (χ2n) is 5.17. The number of furan rings is 1. The molecule has 1 aromatic heterocycles. The highest BCUT2D eigenvalue weighted by Crippen LogP contribution is 2.22. The molecule has 0 spiro atoms. The van der Waals surface area contributed by atoms with E-state index in [9.17, 15) is 9.59 Å². The van der Waals surface area contributed by atoms with E-state index in [2.05, 4.69) is 10.6 Å². The van der Waals surface area contributed by atoms with Gasteiger partial charge in [-0.1, -0.05) is 6.07 Å². The number of aryl methyl sites for hydroxylation is 1. The summed E-state index contributed by atoms with van der Waals surface area (Å²) in [5.74, 6) is -0.0103. The Bertz CT molecular complexity index is 708. The highest BCUT2D eigenvalue weighted by Gasteiger charge is 2.20. The topological polar surface area (TPSA) is 74.6 Å². The summed E-state index contributed by atoms with van der Waals surface area (Å²) in [7, 11) is 0. The number of urea groups is 1. The summed E-state index contributed by atoms with van der Waals surface area (Å²) in [6.07, 6.45) is 2.38. The van der Waals surface area contributed by atoms with Gasteiger partial charge in [-0.05, 0) is 37.6 Å². The summed E-state index contributed by atoms with van der Waals surface area (Å²) in [5.41, 5.74) is 2.16. The minimum absolute atomic E-state index is 0.114. The zero-order valence-corrected chi connectivity index (χ0v) is 12.3. The van der Waals surface area contributed by atoms with Crippen molar-refractivity contribution in [3.8, 4) is 0 Å². The van der Waals surface area contributed by atoms with Crippen LogP contribution in [0, 0.1) is 6.92 Å². The highest BCUT2D eigenvalue weighted by molar-refractivity contribution is 6.03. The Hall–Kier alpha value is -2.76. The van der Waals surface area contributed by atoms with E-state index >= 15 is 0 Å². The van der Waals surface area contributed by atoms with Crippen LogP contribution in [0.1, 0.15) is 22.5 Å². The number of nitrogens with zero attached hydrogens (tertiary/aromatic N) is 1. The molecule has 2 N–H and O–H groups in total. The van der Waals surface area contributed by atoms with Crippen molar-refractivity contribution in [3.63, 3.8) is 0 Å². The van der Waals surface area contributed by atoms with Gasteiger partial charge in [-0.3, -0.25) is 9.69 Å². The Morgan fingerprint density at radius 1 is 1.36 bits per heavy atom. The smallest absolute Gasteiger partial charge is 0.321 e. The lowest BCUT2D eigenvalue weighted by molar-refractivity contribution is 0.0996. The van der Waals surface area contributed by atoms with Crippen LogP contribution in [0.5, 0.6) is 0 Å². The fourth-order valence-corrected chi connectivity index (χ4v) is 2.42. The van der Waals surface area contributed by atoms with Crippen molar-refractivity contribution in [2.24, 2.45) is 0 Å². The predicted molar refractivity (Wildman–Crippen MR) is 83.2 cm³/mol. The van der Waals surface area contributed by atoms with Crippen LogP contribution in [0.2, 0.25) is 0 Å². The van der Waals surface area contributed by atoms with Gasteiger partial charge in [-0.2, -0.15) is 0 Å². The van der Waals surface area contributed by atoms with E-state index in [4.69, 9.17) is 4.42 Å². The first kappa shape index (κ1) is 14.2. The zero-order valence-electron chi connectivity index (χ0n) is 12.3. The number of benzene rings is 1. The van der Waals surface area contributed by atoms with E-state index in [1.165, 1.54) is 6.26 Å². The number of hydrogen-bond donors (Lipinski definition) is 2. The van der Waals surface area contributed by atoms with Gasteiger partial charge in [0.1, 0.15) is 0 Å². The van der Waals surface area contributed by atoms with Crippen molar-refractivity contribution in [2.45, 2.75) is 13.3 Å². The van der Waals surface area contributed by atoms with Gasteiger partial charge in [0.2, 0.25) is 0 Å². The quantitative estimate of drug-likeness (QED) is 0.915. The molecular weight excluding hydrogens is 282 g/mol. The van der Waals surface area contributed by atoms with Crippen LogP contribution in [0.3, 0.4) is 0 Å². The molecule has 0 radical (unpaired) electrons. The summed E-state index contributed by atoms with van der Waals surface area (Å²) in [4.78, 5) is 25.7. The first-order chi connectivity index (χ1) is 10.6. The van der Waals surface area contributed by atoms with E-state index in [0.29, 0.717) is 24.5 Å². The van der Waals surface area contributed by atoms with Crippen molar-refractivity contribution in [1.29, 1.82) is 0 Å². The maximum absolute atomic E-state index is 12.2. The number of carbonyl (C=O) groups is 2. The molecule has 1 aliphatic rings. The van der Waals surface area contributed by atoms with Crippen molar-refractivity contribution in [2.75, 3.05) is 23.3 Å². The van der Waals surface area contributed by atoms with Crippen LogP contribution < -0.4 is 15.5 Å². The molecule has 0 unspecified atom stereocenters. The Balaban J connectivity index is 1.78. The van der Waals surface area contributed by atoms with Gasteiger partial charge in [-0.15, -0.1) is 0 Å². The maximum Gasteiger partial charge on any atom is 0.321 e. The van der Waals surface area contributed by atoms with E-state index in [1.807, 2.05) is 19.1 Å². The predicted octanol–water partition coefficient (Wildman–Crippen LogP) is 2.76. The fraction of sp³-hybridized carbons (Fsp3) is 0.250. The first-order valence-corrected chi connectivity index (χ1v) is 7.16. The van der Waals surface area contributed by atoms with Crippen LogP contribution in [0.4, 0.5) is 16.2 Å². The molecule has 6 nitrogen and oxygen atoms in total. The van der Waals surface area contributed by atoms with Gasteiger partial charge < -0.3 is 15.1 Å². The second-order valence-corrected chi connectivity index (χ2v) is 5.17. The number of amides is 3. The van der Waals surface area contributed by atoms with E-state index in [-0.39, 0.29) is 11.9 Å². The summed E-state index contributed by atoms with van der Waals surface area (Å²) in [6.45, 7) is 3.18. The van der Waals surface area contributed by atoms with Crippen molar-refractivity contribution in [1.82, 2.24) is 5.32 Å². The van der Waals surface area contributed by atoms with Crippen molar-refractivity contribution in [3.05, 3.63) is 47.9 Å². The average molecular weight is 299 g/mol. The molecule has 0 saturated carbocycles. The maximum atomic E-state index is 12.2. The van der Waals surface area contributed by atoms with Gasteiger partial charge in [0.15, 0.2) is 5.76 Å². The lowest BCUT2D eigenvalue weighted by Crippen LogP contribution is -2.46. The Kier molecular flexibility index (Phi) is 3.82. The summed E-state index contributed by atoms with van der Waals surface area (Å²) < 4.78 is 5.18. The molecule has 3 rings (SSSR count). The monoisotopic (exact) mass is 299 g/mol. The lowest BCUT2D eigenvalue weighted by Gasteiger charge is -2.27. The molecule has 2 heterocycles. The average Bonchev–Trinajstić information content (AvgIpc) is 2.94. The third-order valence-corrected chi connectivity index (χ3v) is 3.56. The molecule has 3 amide bonds. The summed E-state index contributed by atoms with van der Waals surface area (Å²) in [6, 6.07) is 8.84. The standard InChI is InChI=1S/C16H17N3O3/c1-11-6-9-22-14(11)15(20)18-12-4-2-5-13(10-12)19-8-3-7-17-16(19)21/h2,4-6,9-10H,3,7-8H2,1H3,(H,17,21)(H,18,20). The molecule has 0 atom stereocenters. The zero-order chi connectivity index (χ0) is 15.5. The Labute approximate surface area is 128 Å². The third kappa shape index (κ3) is 2.81. The van der Waals surface area contributed by atoms with Crippen LogP contribution >= 0.6 is 0 Å². The summed E-state index contributed by atoms with van der Waals surface area (Å²) in [5, 5.41) is 5.59. The van der Waals surface area contributed by atoms with Crippen LogP contribution in [0.15, 0.2) is 41.0 Å². The molecule has 22 heavy (non-hydrogen) atoms. The second kappa shape index (κ2) is 5.93. The van der Waals surface area contributed by atoms with Gasteiger partial charge in [0.25, 0.3) is 5.91 Å². The number of carbonyl (C=O) groups excluding carboxylic acids is 2. The Morgan fingerprint density at radius 3 is 2.95 bits per heavy atom. The van der Waals surface area contributed by atoms with Crippen LogP contribution in [-0.2, 0) is 0 Å². The van der Waals surface area contributed by atoms with E-state index in [0.717, 1.165) is 17.7 Å². The largest absolute Gasteiger partial charge is 0.459 e. The fourth-order valence-electron chi connectivity index (χ4n) is 2.42. The molecule has 1 aromatic carbocycles. The molecule has 6 heteroatoms. The number of hydrogen-bond acceptors (Lipinski definition) is 3. The molecule has 0 bridgehead atoms. The number of rotatable bonds is 3. The van der Waals surface area contributed by atoms with Gasteiger partial charge in [0, 0.05) is 30.0 Å². The molecule has 1 saturated heterocycles. The molecule has 2 aromatic rings. The van der Waals surface area contributed by atoms with Gasteiger partial charge in [-0.25, -0.2) is 4.79 Å². The van der Waals surface area contributed by atoms with E-state index in [1.54, 1.807) is 23.1 Å². The molecular formula is C16H17N3O3. The van der Waals surface area contributed by atoms with Gasteiger partial charge in [0.05, 0.1) is 6.26 Å². The number of nitrogens with one attached hydrogen (secondary N) is 2. The van der Waals surface area contributed by atoms with Gasteiger partial charge >= 0.3 is 6.03 Å². The molecule has 1 aliphatic heterocycles. The molecule has 1 fully saturated rings.